The summed E-state index contributed by atoms with van der Waals surface area (Å²) in [6.07, 6.45) is 8.27. The Morgan fingerprint density at radius 2 is 2.04 bits per heavy atom. The van der Waals surface area contributed by atoms with E-state index in [1.165, 1.54) is 41.7 Å². The van der Waals surface area contributed by atoms with Gasteiger partial charge in [0.2, 0.25) is 0 Å². The zero-order valence-corrected chi connectivity index (χ0v) is 15.8. The van der Waals surface area contributed by atoms with Gasteiger partial charge in [0.1, 0.15) is 15.7 Å². The van der Waals surface area contributed by atoms with Crippen molar-refractivity contribution < 1.29 is 4.79 Å². The second kappa shape index (κ2) is 7.48. The zero-order chi connectivity index (χ0) is 18.8. The lowest BCUT2D eigenvalue weighted by molar-refractivity contribution is 0.0805. The molecule has 4 heterocycles. The number of rotatable bonds is 4. The van der Waals surface area contributed by atoms with Gasteiger partial charge in [-0.2, -0.15) is 6.21 Å². The minimum atomic E-state index is -0.181. The summed E-state index contributed by atoms with van der Waals surface area (Å²) in [7, 11) is 0. The number of hydrogen-bond donors (Lipinski definition) is 1. The topological polar surface area (TPSA) is 97.7 Å². The van der Waals surface area contributed by atoms with Crippen molar-refractivity contribution in [2.75, 3.05) is 24.5 Å². The molecule has 7 nitrogen and oxygen atoms in total. The maximum Gasteiger partial charge on any atom is 0.270 e. The number of aromatic nitrogens is 2. The van der Waals surface area contributed by atoms with Crippen LogP contribution in [0.3, 0.4) is 0 Å². The van der Waals surface area contributed by atoms with Crippen LogP contribution in [0.1, 0.15) is 34.6 Å². The van der Waals surface area contributed by atoms with Crippen LogP contribution < -0.4 is 10.6 Å². The normalized spacial score (nSPS) is 17.8. The lowest BCUT2D eigenvalue weighted by Crippen LogP contribution is -2.37. The molecule has 0 atom stereocenters. The highest BCUT2D eigenvalue weighted by molar-refractivity contribution is 7.17. The number of amides is 1. The summed E-state index contributed by atoms with van der Waals surface area (Å²) in [4.78, 5) is 26.4. The van der Waals surface area contributed by atoms with Gasteiger partial charge in [0.05, 0.1) is 5.69 Å². The Bertz CT molecular complexity index is 882. The van der Waals surface area contributed by atoms with Gasteiger partial charge in [-0.05, 0) is 31.4 Å². The number of anilines is 1. The fourth-order valence-electron chi connectivity index (χ4n) is 3.53. The number of thiazole rings is 1. The minimum Gasteiger partial charge on any atom is -0.809 e. The fourth-order valence-corrected chi connectivity index (χ4v) is 4.58. The van der Waals surface area contributed by atoms with Gasteiger partial charge in [0.25, 0.3) is 5.91 Å². The fraction of sp³-hybridized carbons (Fsp3) is 0.368. The molecule has 2 aromatic rings. The Kier molecular flexibility index (Phi) is 4.89. The highest BCUT2D eigenvalue weighted by Crippen LogP contribution is 2.33. The van der Waals surface area contributed by atoms with Crippen LogP contribution in [-0.4, -0.2) is 46.6 Å². The largest absolute Gasteiger partial charge is 0.809 e. The molecule has 1 fully saturated rings. The molecule has 2 aromatic heterocycles. The van der Waals surface area contributed by atoms with Crippen LogP contribution in [0.5, 0.6) is 0 Å². The van der Waals surface area contributed by atoms with E-state index < -0.39 is 0 Å². The molecule has 2 N–H and O–H groups in total. The summed E-state index contributed by atoms with van der Waals surface area (Å²) < 4.78 is 0. The maximum atomic E-state index is 12.7. The number of allylic oxidation sites excluding steroid dienone is 1. The van der Waals surface area contributed by atoms with Crippen molar-refractivity contribution in [1.29, 1.82) is 0 Å². The predicted octanol–water partition coefficient (Wildman–Crippen LogP) is 2.63. The van der Waals surface area contributed by atoms with Gasteiger partial charge in [-0.1, -0.05) is 0 Å². The van der Waals surface area contributed by atoms with Crippen LogP contribution in [0, 0.1) is 0 Å². The summed E-state index contributed by atoms with van der Waals surface area (Å²) in [5.41, 5.74) is 7.51. The Balaban J connectivity index is 1.57. The van der Waals surface area contributed by atoms with Gasteiger partial charge < -0.3 is 20.9 Å². The smallest absolute Gasteiger partial charge is 0.270 e. The molecule has 140 valence electrons. The molecule has 0 spiro atoms. The van der Waals surface area contributed by atoms with E-state index in [0.717, 1.165) is 41.4 Å². The van der Waals surface area contributed by atoms with E-state index in [1.54, 1.807) is 0 Å². The summed E-state index contributed by atoms with van der Waals surface area (Å²) >= 11 is 1.36. The van der Waals surface area contributed by atoms with Crippen molar-refractivity contribution in [3.05, 3.63) is 46.2 Å². The lowest BCUT2D eigenvalue weighted by atomic mass is 10.1. The first-order valence-electron chi connectivity index (χ1n) is 9.13. The molecular weight excluding hydrogens is 360 g/mol. The first-order chi connectivity index (χ1) is 13.2. The van der Waals surface area contributed by atoms with Crippen molar-refractivity contribution in [3.8, 4) is 10.6 Å². The van der Waals surface area contributed by atoms with Crippen molar-refractivity contribution in [2.24, 2.45) is 5.73 Å². The number of nitrogens with zero attached hydrogens (tertiary/aromatic N) is 5. The molecule has 4 rings (SSSR count). The molecule has 8 heteroatoms. The number of hydrogen-bond acceptors (Lipinski definition) is 6. The highest BCUT2D eigenvalue weighted by Gasteiger charge is 2.29. The summed E-state index contributed by atoms with van der Waals surface area (Å²) in [6.45, 7) is 2.56. The number of carbonyl (C=O) groups is 1. The molecule has 27 heavy (non-hydrogen) atoms. The first kappa shape index (κ1) is 17.7. The molecule has 0 radical (unpaired) electrons. The molecule has 0 unspecified atom stereocenters. The van der Waals surface area contributed by atoms with E-state index in [1.807, 2.05) is 18.3 Å². The van der Waals surface area contributed by atoms with Gasteiger partial charge in [0.15, 0.2) is 0 Å². The summed E-state index contributed by atoms with van der Waals surface area (Å²) in [5, 5.41) is 10.1. The van der Waals surface area contributed by atoms with Gasteiger partial charge in [-0.3, -0.25) is 4.79 Å². The molecule has 1 saturated heterocycles. The van der Waals surface area contributed by atoms with Crippen LogP contribution in [0.2, 0.25) is 0 Å². The molecule has 2 aliphatic rings. The van der Waals surface area contributed by atoms with E-state index in [2.05, 4.69) is 14.9 Å². The highest BCUT2D eigenvalue weighted by atomic mass is 32.1. The van der Waals surface area contributed by atoms with E-state index in [0.29, 0.717) is 23.5 Å². The van der Waals surface area contributed by atoms with Crippen molar-refractivity contribution in [3.63, 3.8) is 0 Å². The van der Waals surface area contributed by atoms with Crippen LogP contribution in [0.15, 0.2) is 30.2 Å². The van der Waals surface area contributed by atoms with E-state index in [-0.39, 0.29) is 5.91 Å². The lowest BCUT2D eigenvalue weighted by Gasteiger charge is -2.27. The van der Waals surface area contributed by atoms with E-state index in [9.17, 15) is 10.2 Å². The number of carbonyl (C=O) groups excluding carboxylic acids is 1. The third-order valence-electron chi connectivity index (χ3n) is 5.00. The molecule has 1 amide bonds. The third-order valence-corrected chi connectivity index (χ3v) is 6.13. The van der Waals surface area contributed by atoms with Gasteiger partial charge in [-0.15, -0.1) is 11.3 Å². The molecule has 0 bridgehead atoms. The number of piperidine rings is 1. The SMILES string of the molecule is [N-]=C/C(=C\N)N1CCc2nc(-c3ccc(N4CCCCC4)nc3)sc2C1=O. The van der Waals surface area contributed by atoms with Crippen molar-refractivity contribution in [2.45, 2.75) is 25.7 Å². The number of fused-ring (bicyclic) bond motifs is 1. The number of nitrogens with two attached hydrogens (primary N) is 1. The van der Waals surface area contributed by atoms with Crippen LogP contribution in [-0.2, 0) is 6.42 Å². The van der Waals surface area contributed by atoms with Crippen LogP contribution in [0.25, 0.3) is 16.0 Å². The van der Waals surface area contributed by atoms with Gasteiger partial charge in [-0.25, -0.2) is 9.97 Å². The average molecular weight is 381 g/mol. The van der Waals surface area contributed by atoms with Crippen LogP contribution in [0.4, 0.5) is 5.82 Å². The second-order valence-electron chi connectivity index (χ2n) is 6.68. The zero-order valence-electron chi connectivity index (χ0n) is 15.0. The Morgan fingerprint density at radius 3 is 2.70 bits per heavy atom. The standard InChI is InChI=1S/C19H21N6OS/c20-10-14(11-21)25-9-6-15-17(19(25)26)27-18(23-15)13-4-5-16(22-12-13)24-7-2-1-3-8-24/h4-5,10-12H,1-3,6-9,20H2/q-1/b14-10+. The molecule has 0 aromatic carbocycles. The summed E-state index contributed by atoms with van der Waals surface area (Å²) in [5.74, 6) is 0.818. The van der Waals surface area contributed by atoms with Gasteiger partial charge >= 0.3 is 0 Å². The molecule has 2 aliphatic heterocycles. The summed E-state index contributed by atoms with van der Waals surface area (Å²) in [6, 6.07) is 4.06. The molecule has 0 aliphatic carbocycles. The molecular formula is C19H21N6OS-. The third kappa shape index (κ3) is 3.32. The second-order valence-corrected chi connectivity index (χ2v) is 7.67. The van der Waals surface area contributed by atoms with Crippen molar-refractivity contribution in [1.82, 2.24) is 14.9 Å². The Hall–Kier alpha value is -2.74. The van der Waals surface area contributed by atoms with Crippen molar-refractivity contribution >= 4 is 29.3 Å². The monoisotopic (exact) mass is 381 g/mol. The average Bonchev–Trinajstić information content (AvgIpc) is 3.16. The van der Waals surface area contributed by atoms with Gasteiger partial charge in [0, 0.05) is 49.7 Å². The molecule has 0 saturated carbocycles. The van der Waals surface area contributed by atoms with E-state index >= 15 is 0 Å². The quantitative estimate of drug-likeness (QED) is 0.821. The number of pyridine rings is 1. The van der Waals surface area contributed by atoms with Crippen LogP contribution >= 0.6 is 11.3 Å². The maximum absolute atomic E-state index is 12.7. The Labute approximate surface area is 162 Å². The predicted molar refractivity (Wildman–Crippen MR) is 108 cm³/mol. The Morgan fingerprint density at radius 1 is 1.22 bits per heavy atom. The first-order valence-corrected chi connectivity index (χ1v) is 9.95. The minimum absolute atomic E-state index is 0.181. The van der Waals surface area contributed by atoms with E-state index in [4.69, 9.17) is 5.73 Å².